The van der Waals surface area contributed by atoms with Crippen LogP contribution in [-0.2, 0) is 9.59 Å². The Labute approximate surface area is 124 Å². The highest BCUT2D eigenvalue weighted by Crippen LogP contribution is 2.37. The number of carbonyl (C=O) groups is 2. The first-order valence-electron chi connectivity index (χ1n) is 7.38. The van der Waals surface area contributed by atoms with Crippen molar-refractivity contribution in [1.82, 2.24) is 10.2 Å². The SMILES string of the molecule is CSC[C@H](NC(=O)C1(N2CCCC2)CCCC1)C(=O)O. The molecule has 0 bridgehead atoms. The number of carboxylic acid groups (broad SMARTS) is 1. The molecule has 0 aromatic rings. The van der Waals surface area contributed by atoms with Crippen LogP contribution < -0.4 is 5.32 Å². The Bertz CT molecular complexity index is 363. The van der Waals surface area contributed by atoms with Gasteiger partial charge in [-0.2, -0.15) is 11.8 Å². The van der Waals surface area contributed by atoms with Gasteiger partial charge >= 0.3 is 5.97 Å². The van der Waals surface area contributed by atoms with Crippen molar-refractivity contribution in [3.05, 3.63) is 0 Å². The summed E-state index contributed by atoms with van der Waals surface area (Å²) < 4.78 is 0. The average molecular weight is 300 g/mol. The monoisotopic (exact) mass is 300 g/mol. The van der Waals surface area contributed by atoms with Gasteiger partial charge in [0, 0.05) is 5.75 Å². The Morgan fingerprint density at radius 1 is 1.25 bits per heavy atom. The van der Waals surface area contributed by atoms with Crippen molar-refractivity contribution in [2.45, 2.75) is 50.1 Å². The van der Waals surface area contributed by atoms with Crippen molar-refractivity contribution in [2.75, 3.05) is 25.1 Å². The predicted octanol–water partition coefficient (Wildman–Crippen LogP) is 1.33. The molecule has 0 radical (unpaired) electrons. The lowest BCUT2D eigenvalue weighted by Crippen LogP contribution is -2.59. The number of nitrogens with zero attached hydrogens (tertiary/aromatic N) is 1. The summed E-state index contributed by atoms with van der Waals surface area (Å²) in [6.07, 6.45) is 7.99. The van der Waals surface area contributed by atoms with Crippen LogP contribution in [0.25, 0.3) is 0 Å². The van der Waals surface area contributed by atoms with E-state index >= 15 is 0 Å². The molecule has 5 nitrogen and oxygen atoms in total. The highest BCUT2D eigenvalue weighted by molar-refractivity contribution is 7.98. The second kappa shape index (κ2) is 6.80. The molecule has 1 aliphatic heterocycles. The van der Waals surface area contributed by atoms with Gasteiger partial charge in [0.1, 0.15) is 11.6 Å². The quantitative estimate of drug-likeness (QED) is 0.774. The number of carboxylic acids is 1. The third-order valence-electron chi connectivity index (χ3n) is 4.50. The van der Waals surface area contributed by atoms with Gasteiger partial charge in [-0.3, -0.25) is 9.69 Å². The van der Waals surface area contributed by atoms with Crippen molar-refractivity contribution in [2.24, 2.45) is 0 Å². The van der Waals surface area contributed by atoms with E-state index in [1.54, 1.807) is 0 Å². The summed E-state index contributed by atoms with van der Waals surface area (Å²) >= 11 is 1.44. The number of hydrogen-bond acceptors (Lipinski definition) is 4. The molecule has 1 saturated carbocycles. The number of likely N-dealkylation sites (tertiary alicyclic amines) is 1. The van der Waals surface area contributed by atoms with Crippen LogP contribution in [0.2, 0.25) is 0 Å². The van der Waals surface area contributed by atoms with E-state index in [1.165, 1.54) is 11.8 Å². The number of carbonyl (C=O) groups excluding carboxylic acids is 1. The van der Waals surface area contributed by atoms with E-state index in [9.17, 15) is 14.7 Å². The lowest BCUT2D eigenvalue weighted by Gasteiger charge is -2.37. The fourth-order valence-corrected chi connectivity index (χ4v) is 3.99. The van der Waals surface area contributed by atoms with E-state index in [0.29, 0.717) is 5.75 Å². The minimum atomic E-state index is -0.942. The number of nitrogens with one attached hydrogen (secondary N) is 1. The van der Waals surface area contributed by atoms with Gasteiger partial charge in [-0.05, 0) is 45.0 Å². The zero-order valence-electron chi connectivity index (χ0n) is 12.1. The third-order valence-corrected chi connectivity index (χ3v) is 5.17. The van der Waals surface area contributed by atoms with Crippen LogP contribution in [0.5, 0.6) is 0 Å². The molecule has 2 fully saturated rings. The molecule has 6 heteroatoms. The van der Waals surface area contributed by atoms with Crippen molar-refractivity contribution in [1.29, 1.82) is 0 Å². The average Bonchev–Trinajstić information content (AvgIpc) is 3.09. The smallest absolute Gasteiger partial charge is 0.327 e. The Balaban J connectivity index is 2.08. The molecule has 114 valence electrons. The molecule has 1 aliphatic carbocycles. The Kier molecular flexibility index (Phi) is 5.32. The Hall–Kier alpha value is -0.750. The van der Waals surface area contributed by atoms with Crippen LogP contribution in [0.1, 0.15) is 38.5 Å². The summed E-state index contributed by atoms with van der Waals surface area (Å²) in [6, 6.07) is -0.780. The van der Waals surface area contributed by atoms with E-state index < -0.39 is 17.6 Å². The van der Waals surface area contributed by atoms with Crippen LogP contribution in [0.4, 0.5) is 0 Å². The van der Waals surface area contributed by atoms with Crippen molar-refractivity contribution in [3.8, 4) is 0 Å². The van der Waals surface area contributed by atoms with Crippen LogP contribution in [-0.4, -0.2) is 58.6 Å². The number of aliphatic carboxylic acids is 1. The standard InChI is InChI=1S/C14H24N2O3S/c1-20-10-11(12(17)18)15-13(19)14(6-2-3-7-14)16-8-4-5-9-16/h11H,2-10H2,1H3,(H,15,19)(H,17,18)/t11-/m0/s1. The second-order valence-electron chi connectivity index (χ2n) is 5.75. The first kappa shape index (κ1) is 15.6. The third kappa shape index (κ3) is 3.11. The first-order valence-corrected chi connectivity index (χ1v) is 8.77. The molecule has 1 heterocycles. The Morgan fingerprint density at radius 3 is 2.35 bits per heavy atom. The molecular weight excluding hydrogens is 276 g/mol. The summed E-state index contributed by atoms with van der Waals surface area (Å²) in [6.45, 7) is 1.93. The van der Waals surface area contributed by atoms with Crippen molar-refractivity contribution in [3.63, 3.8) is 0 Å². The predicted molar refractivity (Wildman–Crippen MR) is 80.0 cm³/mol. The molecule has 1 amide bonds. The fourth-order valence-electron chi connectivity index (χ4n) is 3.43. The van der Waals surface area contributed by atoms with Crippen LogP contribution in [0.15, 0.2) is 0 Å². The Morgan fingerprint density at radius 2 is 1.85 bits per heavy atom. The molecule has 2 rings (SSSR count). The maximum Gasteiger partial charge on any atom is 0.327 e. The van der Waals surface area contributed by atoms with Crippen LogP contribution >= 0.6 is 11.8 Å². The van der Waals surface area contributed by atoms with Gasteiger partial charge in [0.05, 0.1) is 0 Å². The zero-order valence-corrected chi connectivity index (χ0v) is 12.9. The normalized spacial score (nSPS) is 23.6. The minimum absolute atomic E-state index is 0.0710. The van der Waals surface area contributed by atoms with Gasteiger partial charge in [0.15, 0.2) is 0 Å². The molecule has 1 atom stereocenters. The fraction of sp³-hybridized carbons (Fsp3) is 0.857. The van der Waals surface area contributed by atoms with Gasteiger partial charge in [-0.1, -0.05) is 12.8 Å². The molecule has 0 aromatic carbocycles. The van der Waals surface area contributed by atoms with E-state index in [2.05, 4.69) is 10.2 Å². The first-order chi connectivity index (χ1) is 9.60. The highest BCUT2D eigenvalue weighted by Gasteiger charge is 2.47. The second-order valence-corrected chi connectivity index (χ2v) is 6.66. The lowest BCUT2D eigenvalue weighted by atomic mass is 9.93. The maximum atomic E-state index is 12.7. The molecular formula is C14H24N2O3S. The maximum absolute atomic E-state index is 12.7. The van der Waals surface area contributed by atoms with Crippen LogP contribution in [0, 0.1) is 0 Å². The molecule has 0 spiro atoms. The summed E-state index contributed by atoms with van der Waals surface area (Å²) in [7, 11) is 0. The number of rotatable bonds is 6. The summed E-state index contributed by atoms with van der Waals surface area (Å²) in [5.74, 6) is -0.599. The zero-order chi connectivity index (χ0) is 14.6. The topological polar surface area (TPSA) is 69.6 Å². The van der Waals surface area contributed by atoms with Gasteiger partial charge in [0.2, 0.25) is 5.91 Å². The largest absolute Gasteiger partial charge is 0.480 e. The van der Waals surface area contributed by atoms with Gasteiger partial charge in [-0.25, -0.2) is 4.79 Å². The molecule has 0 unspecified atom stereocenters. The number of hydrogen-bond donors (Lipinski definition) is 2. The molecule has 0 aromatic heterocycles. The molecule has 20 heavy (non-hydrogen) atoms. The summed E-state index contributed by atoms with van der Waals surface area (Å²) in [5.41, 5.74) is -0.442. The minimum Gasteiger partial charge on any atom is -0.480 e. The van der Waals surface area contributed by atoms with E-state index in [0.717, 1.165) is 51.6 Å². The van der Waals surface area contributed by atoms with Gasteiger partial charge < -0.3 is 10.4 Å². The number of amides is 1. The van der Waals surface area contributed by atoms with Gasteiger partial charge in [-0.15, -0.1) is 0 Å². The molecule has 1 saturated heterocycles. The van der Waals surface area contributed by atoms with Gasteiger partial charge in [0.25, 0.3) is 0 Å². The summed E-state index contributed by atoms with van der Waals surface area (Å²) in [5, 5.41) is 12.0. The highest BCUT2D eigenvalue weighted by atomic mass is 32.2. The van der Waals surface area contributed by atoms with Crippen molar-refractivity contribution < 1.29 is 14.7 Å². The molecule has 2 aliphatic rings. The van der Waals surface area contributed by atoms with Crippen LogP contribution in [0.3, 0.4) is 0 Å². The van der Waals surface area contributed by atoms with Crippen molar-refractivity contribution >= 4 is 23.6 Å². The van der Waals surface area contributed by atoms with E-state index in [1.807, 2.05) is 6.26 Å². The molecule has 2 N–H and O–H groups in total. The van der Waals surface area contributed by atoms with E-state index in [-0.39, 0.29) is 5.91 Å². The summed E-state index contributed by atoms with van der Waals surface area (Å²) in [4.78, 5) is 26.2. The van der Waals surface area contributed by atoms with E-state index in [4.69, 9.17) is 0 Å². The lowest BCUT2D eigenvalue weighted by molar-refractivity contribution is -0.143. The number of thioether (sulfide) groups is 1.